The van der Waals surface area contributed by atoms with Crippen molar-refractivity contribution in [2.75, 3.05) is 19.5 Å². The van der Waals surface area contributed by atoms with Crippen LogP contribution >= 0.6 is 0 Å². The molecular formula is C22H21N3O6. The second-order valence-electron chi connectivity index (χ2n) is 6.68. The average Bonchev–Trinajstić information content (AvgIpc) is 3.30. The van der Waals surface area contributed by atoms with Crippen molar-refractivity contribution in [3.05, 3.63) is 70.8 Å². The summed E-state index contributed by atoms with van der Waals surface area (Å²) in [5.74, 6) is -1.92. The van der Waals surface area contributed by atoms with Gasteiger partial charge in [0, 0.05) is 18.4 Å². The first-order chi connectivity index (χ1) is 14.8. The van der Waals surface area contributed by atoms with Gasteiger partial charge >= 0.3 is 17.8 Å². The normalized spacial score (nSPS) is 14.7. The fourth-order valence-corrected chi connectivity index (χ4v) is 2.96. The van der Waals surface area contributed by atoms with Crippen molar-refractivity contribution < 1.29 is 28.3 Å². The van der Waals surface area contributed by atoms with Gasteiger partial charge in [-0.2, -0.15) is 0 Å². The smallest absolute Gasteiger partial charge is 0.340 e. The lowest BCUT2D eigenvalue weighted by atomic mass is 10.1. The molecule has 2 aromatic rings. The van der Waals surface area contributed by atoms with Gasteiger partial charge in [-0.25, -0.2) is 4.79 Å². The highest BCUT2D eigenvalue weighted by Gasteiger charge is 2.35. The number of amides is 3. The van der Waals surface area contributed by atoms with Crippen molar-refractivity contribution >= 4 is 35.5 Å². The van der Waals surface area contributed by atoms with Crippen molar-refractivity contribution in [1.29, 1.82) is 0 Å². The molecular weight excluding hydrogens is 402 g/mol. The van der Waals surface area contributed by atoms with Crippen LogP contribution in [0.1, 0.15) is 18.4 Å². The topological polar surface area (TPSA) is 118 Å². The third-order valence-corrected chi connectivity index (χ3v) is 4.69. The third-order valence-electron chi connectivity index (χ3n) is 4.69. The molecule has 1 aliphatic rings. The predicted molar refractivity (Wildman–Crippen MR) is 111 cm³/mol. The molecule has 3 rings (SSSR count). The van der Waals surface area contributed by atoms with Crippen molar-refractivity contribution in [3.63, 3.8) is 0 Å². The Balaban J connectivity index is 1.66. The lowest BCUT2D eigenvalue weighted by molar-refractivity contribution is -0.136. The second kappa shape index (κ2) is 9.12. The zero-order chi connectivity index (χ0) is 22.5. The molecule has 0 aliphatic carbocycles. The Bertz CT molecular complexity index is 1100. The van der Waals surface area contributed by atoms with Crippen molar-refractivity contribution in [1.82, 2.24) is 10.2 Å². The van der Waals surface area contributed by atoms with Crippen LogP contribution in [0.2, 0.25) is 0 Å². The molecule has 31 heavy (non-hydrogen) atoms. The third kappa shape index (κ3) is 4.72. The number of furan rings is 1. The summed E-state index contributed by atoms with van der Waals surface area (Å²) in [4.78, 5) is 49.8. The zero-order valence-corrected chi connectivity index (χ0v) is 17.2. The van der Waals surface area contributed by atoms with Crippen LogP contribution in [-0.4, -0.2) is 42.7 Å². The van der Waals surface area contributed by atoms with E-state index in [9.17, 15) is 19.2 Å². The Morgan fingerprint density at radius 2 is 1.81 bits per heavy atom. The Hall–Kier alpha value is -4.14. The van der Waals surface area contributed by atoms with Gasteiger partial charge in [-0.05, 0) is 37.3 Å². The highest BCUT2D eigenvalue weighted by atomic mass is 16.5. The highest BCUT2D eigenvalue weighted by molar-refractivity contribution is 6.39. The number of ether oxygens (including phenoxy) is 1. The van der Waals surface area contributed by atoms with Gasteiger partial charge in [0.1, 0.15) is 11.5 Å². The molecule has 0 bridgehead atoms. The molecule has 1 aromatic carbocycles. The molecule has 0 saturated heterocycles. The lowest BCUT2D eigenvalue weighted by Gasteiger charge is -2.08. The largest absolute Gasteiger partial charge is 0.465 e. The van der Waals surface area contributed by atoms with Crippen LogP contribution in [0, 0.1) is 0 Å². The van der Waals surface area contributed by atoms with Crippen LogP contribution in [0.15, 0.2) is 63.7 Å². The second-order valence-corrected chi connectivity index (χ2v) is 6.68. The van der Waals surface area contributed by atoms with Gasteiger partial charge in [0.2, 0.25) is 0 Å². The number of esters is 1. The number of nitrogens with zero attached hydrogens (tertiary/aromatic N) is 1. The maximum atomic E-state index is 12.5. The van der Waals surface area contributed by atoms with Crippen LogP contribution < -0.4 is 10.6 Å². The Labute approximate surface area is 178 Å². The molecule has 1 aromatic heterocycles. The van der Waals surface area contributed by atoms with Crippen molar-refractivity contribution in [2.45, 2.75) is 13.5 Å². The number of hydrogen-bond donors (Lipinski definition) is 2. The fourth-order valence-electron chi connectivity index (χ4n) is 2.96. The molecule has 2 heterocycles. The van der Waals surface area contributed by atoms with Gasteiger partial charge in [0.05, 0.1) is 24.8 Å². The summed E-state index contributed by atoms with van der Waals surface area (Å²) < 4.78 is 10.4. The van der Waals surface area contributed by atoms with Gasteiger partial charge in [-0.3, -0.25) is 14.4 Å². The van der Waals surface area contributed by atoms with E-state index in [0.29, 0.717) is 22.9 Å². The van der Waals surface area contributed by atoms with E-state index in [1.54, 1.807) is 56.4 Å². The molecule has 0 saturated carbocycles. The van der Waals surface area contributed by atoms with Crippen LogP contribution in [0.5, 0.6) is 0 Å². The summed E-state index contributed by atoms with van der Waals surface area (Å²) in [5, 5.41) is 4.94. The summed E-state index contributed by atoms with van der Waals surface area (Å²) in [6, 6.07) is 11.8. The minimum Gasteiger partial charge on any atom is -0.465 e. The predicted octanol–water partition coefficient (Wildman–Crippen LogP) is 1.84. The van der Waals surface area contributed by atoms with E-state index in [0.717, 1.165) is 0 Å². The number of methoxy groups -OCH3 is 1. The molecule has 3 amide bonds. The molecule has 9 nitrogen and oxygen atoms in total. The van der Waals surface area contributed by atoms with E-state index in [4.69, 9.17) is 9.15 Å². The maximum absolute atomic E-state index is 12.5. The minimum absolute atomic E-state index is 0.0310. The molecule has 160 valence electrons. The Morgan fingerprint density at radius 1 is 1.10 bits per heavy atom. The quantitative estimate of drug-likeness (QED) is 0.430. The van der Waals surface area contributed by atoms with Gasteiger partial charge in [-0.15, -0.1) is 0 Å². The molecule has 2 N–H and O–H groups in total. The number of carbonyl (C=O) groups is 4. The van der Waals surface area contributed by atoms with E-state index in [-0.39, 0.29) is 23.6 Å². The number of allylic oxidation sites excluding steroid dienone is 1. The number of hydrogen-bond acceptors (Lipinski definition) is 6. The van der Waals surface area contributed by atoms with E-state index in [1.165, 1.54) is 18.1 Å². The molecule has 0 atom stereocenters. The summed E-state index contributed by atoms with van der Waals surface area (Å²) in [6.07, 6.45) is 1.44. The summed E-state index contributed by atoms with van der Waals surface area (Å²) in [6.45, 7) is 1.62. The first-order valence-corrected chi connectivity index (χ1v) is 9.34. The number of carbonyl (C=O) groups excluding carboxylic acids is 4. The summed E-state index contributed by atoms with van der Waals surface area (Å²) in [7, 11) is 2.80. The summed E-state index contributed by atoms with van der Waals surface area (Å²) >= 11 is 0. The Morgan fingerprint density at radius 3 is 2.48 bits per heavy atom. The average molecular weight is 423 g/mol. The number of likely N-dealkylation sites (N-methyl/N-ethyl adjacent to an activating group) is 1. The van der Waals surface area contributed by atoms with E-state index in [1.807, 2.05) is 0 Å². The molecule has 0 radical (unpaired) electrons. The van der Waals surface area contributed by atoms with Crippen LogP contribution in [0.4, 0.5) is 5.69 Å². The number of para-hydroxylation sites is 1. The van der Waals surface area contributed by atoms with Gasteiger partial charge < -0.3 is 24.7 Å². The summed E-state index contributed by atoms with van der Waals surface area (Å²) in [5.41, 5.74) is 1.30. The van der Waals surface area contributed by atoms with Crippen LogP contribution in [-0.2, 0) is 30.5 Å². The SMILES string of the molecule is COC(=O)C1=C(C)N(C)C(=O)/C1=C/c1ccc(CNC(=O)C(=O)Nc2ccccc2)o1. The minimum atomic E-state index is -0.820. The van der Waals surface area contributed by atoms with Crippen molar-refractivity contribution in [2.24, 2.45) is 0 Å². The number of rotatable bonds is 5. The number of nitrogens with one attached hydrogen (secondary N) is 2. The molecule has 0 spiro atoms. The monoisotopic (exact) mass is 423 g/mol. The van der Waals surface area contributed by atoms with E-state index < -0.39 is 17.8 Å². The standard InChI is InChI=1S/C22H21N3O6/c1-13-18(22(29)30-3)17(21(28)25(13)2)11-15-9-10-16(31-15)12-23-19(26)20(27)24-14-7-5-4-6-8-14/h4-11H,12H2,1-3H3,(H,23,26)(H,24,27)/b17-11+. The van der Waals surface area contributed by atoms with Gasteiger partial charge in [0.15, 0.2) is 0 Å². The number of anilines is 1. The molecule has 1 aliphatic heterocycles. The zero-order valence-electron chi connectivity index (χ0n) is 17.2. The molecule has 0 fully saturated rings. The lowest BCUT2D eigenvalue weighted by Crippen LogP contribution is -2.34. The van der Waals surface area contributed by atoms with Gasteiger partial charge in [-0.1, -0.05) is 18.2 Å². The van der Waals surface area contributed by atoms with E-state index in [2.05, 4.69) is 10.6 Å². The van der Waals surface area contributed by atoms with Crippen molar-refractivity contribution in [3.8, 4) is 0 Å². The Kier molecular flexibility index (Phi) is 6.35. The first-order valence-electron chi connectivity index (χ1n) is 9.34. The highest BCUT2D eigenvalue weighted by Crippen LogP contribution is 2.30. The first kappa shape index (κ1) is 21.6. The maximum Gasteiger partial charge on any atom is 0.340 e. The van der Waals surface area contributed by atoms with Crippen LogP contribution in [0.25, 0.3) is 6.08 Å². The molecule has 9 heteroatoms. The molecule has 0 unspecified atom stereocenters. The van der Waals surface area contributed by atoms with Gasteiger partial charge in [0.25, 0.3) is 5.91 Å². The van der Waals surface area contributed by atoms with E-state index >= 15 is 0 Å². The number of benzene rings is 1. The van der Waals surface area contributed by atoms with Crippen LogP contribution in [0.3, 0.4) is 0 Å². The fraction of sp³-hybridized carbons (Fsp3) is 0.182.